The van der Waals surface area contributed by atoms with Gasteiger partial charge < -0.3 is 24.3 Å². The number of hydrogen-bond acceptors (Lipinski definition) is 6. The number of ketones is 1. The highest BCUT2D eigenvalue weighted by Gasteiger charge is 2.16. The molecule has 1 heterocycles. The number of carbonyl (C=O) groups is 2. The SMILES string of the molecule is CCOc1ccc(C(=O)CCC(=O)Nc2ccc3c(c2)OCO3)cc1OCC. The van der Waals surface area contributed by atoms with Crippen LogP contribution in [-0.4, -0.2) is 31.7 Å². The lowest BCUT2D eigenvalue weighted by molar-refractivity contribution is -0.116. The van der Waals surface area contributed by atoms with Crippen LogP contribution < -0.4 is 24.3 Å². The zero-order valence-corrected chi connectivity index (χ0v) is 15.9. The first-order chi connectivity index (χ1) is 13.6. The van der Waals surface area contributed by atoms with E-state index < -0.39 is 0 Å². The fourth-order valence-corrected chi connectivity index (χ4v) is 2.79. The van der Waals surface area contributed by atoms with E-state index in [4.69, 9.17) is 18.9 Å². The number of anilines is 1. The minimum absolute atomic E-state index is 0.0739. The molecular formula is C21H23NO6. The summed E-state index contributed by atoms with van der Waals surface area (Å²) < 4.78 is 21.6. The van der Waals surface area contributed by atoms with Crippen LogP contribution >= 0.6 is 0 Å². The summed E-state index contributed by atoms with van der Waals surface area (Å²) in [5.74, 6) is 1.98. The average molecular weight is 385 g/mol. The summed E-state index contributed by atoms with van der Waals surface area (Å²) in [7, 11) is 0. The predicted molar refractivity (Wildman–Crippen MR) is 104 cm³/mol. The van der Waals surface area contributed by atoms with Gasteiger partial charge >= 0.3 is 0 Å². The van der Waals surface area contributed by atoms with Crippen LogP contribution in [0.5, 0.6) is 23.0 Å². The summed E-state index contributed by atoms with van der Waals surface area (Å²) in [6, 6.07) is 10.2. The van der Waals surface area contributed by atoms with Gasteiger partial charge in [-0.1, -0.05) is 0 Å². The van der Waals surface area contributed by atoms with Crippen LogP contribution in [0.1, 0.15) is 37.0 Å². The molecule has 0 aliphatic carbocycles. The highest BCUT2D eigenvalue weighted by Crippen LogP contribution is 2.34. The van der Waals surface area contributed by atoms with Crippen molar-refractivity contribution in [2.24, 2.45) is 0 Å². The molecule has 0 saturated carbocycles. The van der Waals surface area contributed by atoms with Crippen LogP contribution in [0.2, 0.25) is 0 Å². The van der Waals surface area contributed by atoms with Crippen LogP contribution in [0.4, 0.5) is 5.69 Å². The lowest BCUT2D eigenvalue weighted by atomic mass is 10.1. The monoisotopic (exact) mass is 385 g/mol. The number of amides is 1. The van der Waals surface area contributed by atoms with Crippen LogP contribution in [-0.2, 0) is 4.79 Å². The number of rotatable bonds is 9. The van der Waals surface area contributed by atoms with Crippen molar-refractivity contribution in [3.63, 3.8) is 0 Å². The maximum absolute atomic E-state index is 12.5. The Labute approximate surface area is 163 Å². The first-order valence-electron chi connectivity index (χ1n) is 9.23. The van der Waals surface area contributed by atoms with Crippen molar-refractivity contribution in [1.82, 2.24) is 0 Å². The summed E-state index contributed by atoms with van der Waals surface area (Å²) in [6.07, 6.45) is 0.167. The molecule has 0 unspecified atom stereocenters. The summed E-state index contributed by atoms with van der Waals surface area (Å²) in [4.78, 5) is 24.6. The second kappa shape index (κ2) is 9.12. The van der Waals surface area contributed by atoms with Crippen molar-refractivity contribution in [1.29, 1.82) is 0 Å². The second-order valence-electron chi connectivity index (χ2n) is 6.07. The topological polar surface area (TPSA) is 83.1 Å². The maximum atomic E-state index is 12.5. The Kier molecular flexibility index (Phi) is 6.37. The zero-order chi connectivity index (χ0) is 19.9. The fourth-order valence-electron chi connectivity index (χ4n) is 2.79. The van der Waals surface area contributed by atoms with Gasteiger partial charge in [-0.15, -0.1) is 0 Å². The normalized spacial score (nSPS) is 11.8. The summed E-state index contributed by atoms with van der Waals surface area (Å²) in [5, 5.41) is 2.76. The van der Waals surface area contributed by atoms with Crippen LogP contribution in [0.3, 0.4) is 0 Å². The van der Waals surface area contributed by atoms with Crippen LogP contribution in [0.25, 0.3) is 0 Å². The molecule has 1 amide bonds. The third-order valence-electron chi connectivity index (χ3n) is 4.10. The minimum Gasteiger partial charge on any atom is -0.490 e. The number of fused-ring (bicyclic) bond motifs is 1. The van der Waals surface area contributed by atoms with E-state index in [2.05, 4.69) is 5.32 Å². The van der Waals surface area contributed by atoms with Gasteiger partial charge in [0, 0.05) is 30.2 Å². The Morgan fingerprint density at radius 2 is 1.68 bits per heavy atom. The Hall–Kier alpha value is -3.22. The highest BCUT2D eigenvalue weighted by molar-refractivity contribution is 6.00. The van der Waals surface area contributed by atoms with Gasteiger partial charge in [-0.3, -0.25) is 9.59 Å². The quantitative estimate of drug-likeness (QED) is 0.661. The van der Waals surface area contributed by atoms with Gasteiger partial charge in [0.2, 0.25) is 12.7 Å². The van der Waals surface area contributed by atoms with Gasteiger partial charge in [-0.25, -0.2) is 0 Å². The largest absolute Gasteiger partial charge is 0.490 e. The van der Waals surface area contributed by atoms with Crippen molar-refractivity contribution in [2.45, 2.75) is 26.7 Å². The molecule has 3 rings (SSSR count). The minimum atomic E-state index is -0.247. The molecule has 0 fully saturated rings. The first-order valence-corrected chi connectivity index (χ1v) is 9.23. The number of carbonyl (C=O) groups excluding carboxylic acids is 2. The van der Waals surface area contributed by atoms with Crippen molar-refractivity contribution < 1.29 is 28.5 Å². The molecule has 148 valence electrons. The molecule has 0 radical (unpaired) electrons. The molecule has 7 heteroatoms. The van der Waals surface area contributed by atoms with Crippen LogP contribution in [0, 0.1) is 0 Å². The number of hydrogen-bond donors (Lipinski definition) is 1. The van der Waals surface area contributed by atoms with Crippen molar-refractivity contribution in [3.05, 3.63) is 42.0 Å². The molecule has 0 atom stereocenters. The van der Waals surface area contributed by atoms with E-state index in [1.807, 2.05) is 13.8 Å². The average Bonchev–Trinajstić information content (AvgIpc) is 3.15. The third kappa shape index (κ3) is 4.73. The van der Waals surface area contributed by atoms with Crippen molar-refractivity contribution in [2.75, 3.05) is 25.3 Å². The first kappa shape index (κ1) is 19.5. The molecule has 2 aromatic rings. The predicted octanol–water partition coefficient (Wildman–Crippen LogP) is 3.81. The molecule has 1 aliphatic rings. The van der Waals surface area contributed by atoms with E-state index in [1.165, 1.54) is 0 Å². The molecule has 0 bridgehead atoms. The van der Waals surface area contributed by atoms with E-state index in [0.29, 0.717) is 47.5 Å². The summed E-state index contributed by atoms with van der Waals surface area (Å²) >= 11 is 0. The van der Waals surface area contributed by atoms with Gasteiger partial charge in [-0.2, -0.15) is 0 Å². The number of benzene rings is 2. The van der Waals surface area contributed by atoms with Gasteiger partial charge in [0.25, 0.3) is 0 Å². The van der Waals surface area contributed by atoms with E-state index >= 15 is 0 Å². The fraction of sp³-hybridized carbons (Fsp3) is 0.333. The van der Waals surface area contributed by atoms with Crippen molar-refractivity contribution in [3.8, 4) is 23.0 Å². The molecule has 0 aromatic heterocycles. The highest BCUT2D eigenvalue weighted by atomic mass is 16.7. The molecular weight excluding hydrogens is 362 g/mol. The van der Waals surface area contributed by atoms with Gasteiger partial charge in [0.1, 0.15) is 0 Å². The molecule has 0 saturated heterocycles. The van der Waals surface area contributed by atoms with E-state index in [1.54, 1.807) is 36.4 Å². The van der Waals surface area contributed by atoms with E-state index in [0.717, 1.165) is 0 Å². The lowest BCUT2D eigenvalue weighted by Gasteiger charge is -2.12. The standard InChI is InChI=1S/C21H23NO6/c1-3-25-17-8-5-14(11-19(17)26-4-2)16(23)7-10-21(24)22-15-6-9-18-20(12-15)28-13-27-18/h5-6,8-9,11-12H,3-4,7,10,13H2,1-2H3,(H,22,24). The Balaban J connectivity index is 1.57. The van der Waals surface area contributed by atoms with Gasteiger partial charge in [-0.05, 0) is 44.2 Å². The van der Waals surface area contributed by atoms with Gasteiger partial charge in [0.05, 0.1) is 13.2 Å². The lowest BCUT2D eigenvalue weighted by Crippen LogP contribution is -2.13. The van der Waals surface area contributed by atoms with E-state index in [9.17, 15) is 9.59 Å². The Bertz CT molecular complexity index is 864. The van der Waals surface area contributed by atoms with E-state index in [-0.39, 0.29) is 31.3 Å². The smallest absolute Gasteiger partial charge is 0.231 e. The molecule has 1 N–H and O–H groups in total. The summed E-state index contributed by atoms with van der Waals surface area (Å²) in [6.45, 7) is 4.90. The molecule has 7 nitrogen and oxygen atoms in total. The molecule has 1 aliphatic heterocycles. The number of Topliss-reactive ketones (excluding diaryl/α,β-unsaturated/α-hetero) is 1. The molecule has 2 aromatic carbocycles. The summed E-state index contributed by atoms with van der Waals surface area (Å²) in [5.41, 5.74) is 1.09. The second-order valence-corrected chi connectivity index (χ2v) is 6.07. The third-order valence-corrected chi connectivity index (χ3v) is 4.10. The number of nitrogens with one attached hydrogen (secondary N) is 1. The van der Waals surface area contributed by atoms with Crippen LogP contribution in [0.15, 0.2) is 36.4 Å². The Morgan fingerprint density at radius 1 is 0.929 bits per heavy atom. The van der Waals surface area contributed by atoms with Gasteiger partial charge in [0.15, 0.2) is 28.8 Å². The number of ether oxygens (including phenoxy) is 4. The van der Waals surface area contributed by atoms with Crippen molar-refractivity contribution >= 4 is 17.4 Å². The molecule has 28 heavy (non-hydrogen) atoms. The Morgan fingerprint density at radius 3 is 2.46 bits per heavy atom. The zero-order valence-electron chi connectivity index (χ0n) is 15.9. The molecule has 0 spiro atoms. The maximum Gasteiger partial charge on any atom is 0.231 e.